The minimum absolute atomic E-state index is 0.175. The van der Waals surface area contributed by atoms with Gasteiger partial charge in [0.05, 0.1) is 5.25 Å². The number of likely N-dealkylation sites (tertiary alicyclic amines) is 1. The van der Waals surface area contributed by atoms with Gasteiger partial charge < -0.3 is 9.47 Å². The minimum Gasteiger partial charge on any atom is -0.336 e. The first-order valence-electron chi connectivity index (χ1n) is 9.34. The number of carbonyl (C=O) groups is 1. The number of aromatic nitrogens is 3. The molecule has 2 aromatic rings. The van der Waals surface area contributed by atoms with Crippen LogP contribution in [0.5, 0.6) is 0 Å². The third-order valence-corrected chi connectivity index (χ3v) is 6.42. The third kappa shape index (κ3) is 3.65. The Morgan fingerprint density at radius 3 is 2.50 bits per heavy atom. The highest BCUT2D eigenvalue weighted by Gasteiger charge is 2.32. The predicted molar refractivity (Wildman–Crippen MR) is 106 cm³/mol. The van der Waals surface area contributed by atoms with Gasteiger partial charge in [-0.05, 0) is 52.5 Å². The van der Waals surface area contributed by atoms with E-state index in [9.17, 15) is 4.79 Å². The number of carbonyl (C=O) groups excluding carboxylic acids is 1. The topological polar surface area (TPSA) is 51.0 Å². The fraction of sp³-hybridized carbons (Fsp3) is 0.550. The number of hydrogen-bond donors (Lipinski definition) is 0. The van der Waals surface area contributed by atoms with Crippen molar-refractivity contribution < 1.29 is 4.79 Å². The Morgan fingerprint density at radius 2 is 1.85 bits per heavy atom. The van der Waals surface area contributed by atoms with Crippen molar-refractivity contribution in [3.05, 3.63) is 29.8 Å². The van der Waals surface area contributed by atoms with E-state index < -0.39 is 0 Å². The Hall–Kier alpha value is -1.82. The SMILES string of the molecule is Cc1ccccc1-c1nnc(S[C@@H](C)C(=O)N2[C@@H](C)CCC[C@@H]2C)n1C. The van der Waals surface area contributed by atoms with E-state index in [1.165, 1.54) is 23.7 Å². The van der Waals surface area contributed by atoms with Crippen LogP contribution < -0.4 is 0 Å². The van der Waals surface area contributed by atoms with Gasteiger partial charge >= 0.3 is 0 Å². The second-order valence-electron chi connectivity index (χ2n) is 7.31. The maximum Gasteiger partial charge on any atom is 0.236 e. The van der Waals surface area contributed by atoms with Gasteiger partial charge in [0.15, 0.2) is 11.0 Å². The van der Waals surface area contributed by atoms with Gasteiger partial charge in [0.2, 0.25) is 5.91 Å². The number of benzene rings is 1. The van der Waals surface area contributed by atoms with Gasteiger partial charge in [-0.25, -0.2) is 0 Å². The smallest absolute Gasteiger partial charge is 0.236 e. The minimum atomic E-state index is -0.175. The molecule has 2 heterocycles. The Labute approximate surface area is 160 Å². The summed E-state index contributed by atoms with van der Waals surface area (Å²) in [6.07, 6.45) is 3.39. The van der Waals surface area contributed by atoms with Gasteiger partial charge in [0.25, 0.3) is 0 Å². The lowest BCUT2D eigenvalue weighted by molar-refractivity contribution is -0.136. The zero-order valence-corrected chi connectivity index (χ0v) is 17.1. The summed E-state index contributed by atoms with van der Waals surface area (Å²) in [4.78, 5) is 15.1. The molecule has 0 radical (unpaired) electrons. The Bertz CT molecular complexity index is 778. The molecule has 3 rings (SSSR count). The Morgan fingerprint density at radius 1 is 1.19 bits per heavy atom. The molecule has 5 nitrogen and oxygen atoms in total. The van der Waals surface area contributed by atoms with Crippen LogP contribution in [-0.4, -0.2) is 42.9 Å². The summed E-state index contributed by atoms with van der Waals surface area (Å²) < 4.78 is 1.99. The van der Waals surface area contributed by atoms with Crippen molar-refractivity contribution in [2.75, 3.05) is 0 Å². The highest BCUT2D eigenvalue weighted by atomic mass is 32.2. The van der Waals surface area contributed by atoms with Crippen LogP contribution in [0.3, 0.4) is 0 Å². The Balaban J connectivity index is 1.77. The lowest BCUT2D eigenvalue weighted by atomic mass is 9.97. The van der Waals surface area contributed by atoms with Gasteiger partial charge in [0.1, 0.15) is 0 Å². The molecule has 1 aromatic heterocycles. The van der Waals surface area contributed by atoms with Crippen molar-refractivity contribution in [1.82, 2.24) is 19.7 Å². The van der Waals surface area contributed by atoms with Crippen molar-refractivity contribution in [3.63, 3.8) is 0 Å². The molecule has 1 aromatic carbocycles. The van der Waals surface area contributed by atoms with Crippen molar-refractivity contribution >= 4 is 17.7 Å². The first kappa shape index (κ1) is 19.0. The van der Waals surface area contributed by atoms with Crippen molar-refractivity contribution in [1.29, 1.82) is 0 Å². The van der Waals surface area contributed by atoms with Crippen LogP contribution in [0.25, 0.3) is 11.4 Å². The molecule has 0 unspecified atom stereocenters. The fourth-order valence-electron chi connectivity index (χ4n) is 3.75. The molecule has 6 heteroatoms. The average Bonchev–Trinajstić information content (AvgIpc) is 2.95. The maximum atomic E-state index is 13.0. The van der Waals surface area contributed by atoms with E-state index in [1.807, 2.05) is 30.7 Å². The van der Waals surface area contributed by atoms with E-state index >= 15 is 0 Å². The predicted octanol–water partition coefficient (Wildman–Crippen LogP) is 4.06. The summed E-state index contributed by atoms with van der Waals surface area (Å²) in [7, 11) is 1.97. The second-order valence-corrected chi connectivity index (χ2v) is 8.62. The monoisotopic (exact) mass is 372 g/mol. The highest BCUT2D eigenvalue weighted by Crippen LogP contribution is 2.30. The number of rotatable bonds is 4. The van der Waals surface area contributed by atoms with Gasteiger partial charge in [-0.15, -0.1) is 10.2 Å². The number of piperidine rings is 1. The van der Waals surface area contributed by atoms with E-state index in [2.05, 4.69) is 48.0 Å². The summed E-state index contributed by atoms with van der Waals surface area (Å²) in [5.41, 5.74) is 2.24. The van der Waals surface area contributed by atoms with Crippen LogP contribution in [0.15, 0.2) is 29.4 Å². The molecule has 1 saturated heterocycles. The number of thioether (sulfide) groups is 1. The van der Waals surface area contributed by atoms with Gasteiger partial charge in [0, 0.05) is 24.7 Å². The van der Waals surface area contributed by atoms with Crippen LogP contribution in [0, 0.1) is 6.92 Å². The maximum absolute atomic E-state index is 13.0. The zero-order chi connectivity index (χ0) is 18.8. The molecule has 0 bridgehead atoms. The lowest BCUT2D eigenvalue weighted by Gasteiger charge is -2.40. The molecule has 0 aliphatic carbocycles. The molecular weight excluding hydrogens is 344 g/mol. The normalized spacial score (nSPS) is 21.7. The number of amides is 1. The van der Waals surface area contributed by atoms with Crippen LogP contribution in [0.2, 0.25) is 0 Å². The lowest BCUT2D eigenvalue weighted by Crippen LogP contribution is -2.50. The van der Waals surface area contributed by atoms with Crippen LogP contribution >= 0.6 is 11.8 Å². The first-order valence-corrected chi connectivity index (χ1v) is 10.2. The molecule has 3 atom stereocenters. The molecule has 1 aliphatic heterocycles. The molecule has 0 saturated carbocycles. The van der Waals surface area contributed by atoms with E-state index in [-0.39, 0.29) is 11.2 Å². The quantitative estimate of drug-likeness (QED) is 0.760. The standard InChI is InChI=1S/C20H28N4OS/c1-13-9-6-7-12-17(13)18-21-22-20(23(18)5)26-16(4)19(25)24-14(2)10-8-11-15(24)3/h6-7,9,12,14-16H,8,10-11H2,1-5H3/t14-,15-,16-/m0/s1. The highest BCUT2D eigenvalue weighted by molar-refractivity contribution is 8.00. The largest absolute Gasteiger partial charge is 0.336 e. The summed E-state index contributed by atoms with van der Waals surface area (Å²) >= 11 is 1.50. The number of nitrogens with zero attached hydrogens (tertiary/aromatic N) is 4. The van der Waals surface area contributed by atoms with Crippen molar-refractivity contribution in [3.8, 4) is 11.4 Å². The summed E-state index contributed by atoms with van der Waals surface area (Å²) in [5.74, 6) is 1.04. The molecule has 1 amide bonds. The van der Waals surface area contributed by atoms with E-state index in [0.717, 1.165) is 29.4 Å². The summed E-state index contributed by atoms with van der Waals surface area (Å²) in [5, 5.41) is 9.32. The average molecular weight is 373 g/mol. The molecule has 26 heavy (non-hydrogen) atoms. The fourth-order valence-corrected chi connectivity index (χ4v) is 4.62. The van der Waals surface area contributed by atoms with E-state index in [1.54, 1.807) is 0 Å². The van der Waals surface area contributed by atoms with Crippen molar-refractivity contribution in [2.45, 2.75) is 69.4 Å². The number of aryl methyl sites for hydroxylation is 1. The summed E-state index contributed by atoms with van der Waals surface area (Å²) in [6, 6.07) is 8.79. The van der Waals surface area contributed by atoms with Gasteiger partial charge in [-0.1, -0.05) is 36.0 Å². The zero-order valence-electron chi connectivity index (χ0n) is 16.3. The Kier molecular flexibility index (Phi) is 5.70. The van der Waals surface area contributed by atoms with Crippen LogP contribution in [-0.2, 0) is 11.8 Å². The molecule has 0 N–H and O–H groups in total. The van der Waals surface area contributed by atoms with E-state index in [4.69, 9.17) is 0 Å². The van der Waals surface area contributed by atoms with Crippen LogP contribution in [0.1, 0.15) is 45.6 Å². The number of hydrogen-bond acceptors (Lipinski definition) is 4. The second kappa shape index (κ2) is 7.82. The van der Waals surface area contributed by atoms with Gasteiger partial charge in [-0.2, -0.15) is 0 Å². The molecule has 1 aliphatic rings. The van der Waals surface area contributed by atoms with Crippen LogP contribution in [0.4, 0.5) is 0 Å². The first-order chi connectivity index (χ1) is 12.4. The third-order valence-electron chi connectivity index (χ3n) is 5.30. The molecule has 1 fully saturated rings. The summed E-state index contributed by atoms with van der Waals surface area (Å²) in [6.45, 7) is 8.36. The van der Waals surface area contributed by atoms with E-state index in [0.29, 0.717) is 12.1 Å². The molecule has 140 valence electrons. The van der Waals surface area contributed by atoms with Crippen molar-refractivity contribution in [2.24, 2.45) is 7.05 Å². The van der Waals surface area contributed by atoms with Gasteiger partial charge in [-0.3, -0.25) is 4.79 Å². The molecular formula is C20H28N4OS. The molecule has 0 spiro atoms.